The summed E-state index contributed by atoms with van der Waals surface area (Å²) >= 11 is 0. The van der Waals surface area contributed by atoms with Crippen LogP contribution in [0.25, 0.3) is 32.7 Å². The Balaban J connectivity index is 0.000000190. The van der Waals surface area contributed by atoms with Crippen molar-refractivity contribution in [2.24, 2.45) is 0 Å². The van der Waals surface area contributed by atoms with Crippen LogP contribution in [0.5, 0.6) is 17.6 Å². The molecule has 9 aromatic rings. The molecule has 6 aromatic heterocycles. The Labute approximate surface area is 468 Å². The smallest absolute Gasteiger partial charge is 0.803 e. The van der Waals surface area contributed by atoms with Crippen molar-refractivity contribution in [3.63, 3.8) is 0 Å². The summed E-state index contributed by atoms with van der Waals surface area (Å²) in [5.74, 6) is 0.562. The fourth-order valence-electron chi connectivity index (χ4n) is 9.05. The summed E-state index contributed by atoms with van der Waals surface area (Å²) in [7, 11) is 4.34. The largest absolute Gasteiger partial charge is 3.00 e. The molecule has 0 aliphatic carbocycles. The van der Waals surface area contributed by atoms with Crippen LogP contribution in [0, 0.1) is 36.4 Å². The van der Waals surface area contributed by atoms with Gasteiger partial charge in [0.25, 0.3) is 16.7 Å². The summed E-state index contributed by atoms with van der Waals surface area (Å²) in [4.78, 5) is 58.1. The van der Waals surface area contributed by atoms with Crippen molar-refractivity contribution in [2.45, 2.75) is 101 Å². The third-order valence-electron chi connectivity index (χ3n) is 13.3. The van der Waals surface area contributed by atoms with Crippen molar-refractivity contribution in [2.75, 3.05) is 21.3 Å². The average Bonchev–Trinajstić information content (AvgIpc) is 4.19. The van der Waals surface area contributed by atoms with Crippen LogP contribution in [0.4, 0.5) is 0 Å². The van der Waals surface area contributed by atoms with Crippen molar-refractivity contribution < 1.29 is 31.3 Å². The number of aryl methyl sites for hydroxylation is 3. The van der Waals surface area contributed by atoms with Crippen LogP contribution in [0.3, 0.4) is 0 Å². The summed E-state index contributed by atoms with van der Waals surface area (Å²) < 4.78 is 16.8. The van der Waals surface area contributed by atoms with Gasteiger partial charge in [-0.15, -0.1) is 0 Å². The first kappa shape index (κ1) is 59.7. The third kappa shape index (κ3) is 13.4. The van der Waals surface area contributed by atoms with Crippen LogP contribution in [0.15, 0.2) is 123 Å². The minimum Gasteiger partial charge on any atom is -0.803 e. The molecule has 9 rings (SSSR count). The van der Waals surface area contributed by atoms with Gasteiger partial charge in [-0.25, -0.2) is 15.0 Å². The molecule has 18 nitrogen and oxygen atoms in total. The van der Waals surface area contributed by atoms with E-state index < -0.39 is 16.7 Å². The minimum atomic E-state index is -0.648. The minimum absolute atomic E-state index is 0. The zero-order valence-corrected chi connectivity index (χ0v) is 47.7. The van der Waals surface area contributed by atoms with Crippen molar-refractivity contribution in [3.05, 3.63) is 222 Å². The molecule has 0 spiro atoms. The number of ether oxygens (including phenoxy) is 3. The van der Waals surface area contributed by atoms with E-state index in [1.54, 1.807) is 0 Å². The van der Waals surface area contributed by atoms with Crippen molar-refractivity contribution in [3.8, 4) is 17.6 Å². The van der Waals surface area contributed by atoms with Crippen molar-refractivity contribution >= 4 is 32.7 Å². The van der Waals surface area contributed by atoms with Crippen LogP contribution in [-0.2, 0) is 55.6 Å². The predicted octanol–water partition coefficient (Wildman–Crippen LogP) is 10.5. The van der Waals surface area contributed by atoms with Crippen molar-refractivity contribution in [1.29, 1.82) is 0 Å². The monoisotopic (exact) mass is 1110 g/mol. The molecule has 0 atom stereocenters. The number of aromatic amines is 3. The van der Waals surface area contributed by atoms with E-state index in [1.165, 1.54) is 75.5 Å². The number of fused-ring (bicyclic) bond motifs is 3. The molecule has 0 aliphatic heterocycles. The number of nitrogens with zero attached hydrogens (tertiary/aromatic N) is 6. The average molecular weight is 1110 g/mol. The number of allylic oxidation sites excluding steroid dienone is 6. The molecule has 79 heavy (non-hydrogen) atoms. The summed E-state index contributed by atoms with van der Waals surface area (Å²) in [6.07, 6.45) is 15.5. The normalized spacial score (nSPS) is 10.8. The molecule has 3 aromatic carbocycles. The fraction of sp³-hybridized carbons (Fsp3) is 0.300. The Morgan fingerprint density at radius 2 is 0.709 bits per heavy atom. The number of H-pyrrole nitrogens is 3. The molecule has 0 saturated heterocycles. The van der Waals surface area contributed by atoms with Crippen LogP contribution in [0.1, 0.15) is 109 Å². The van der Waals surface area contributed by atoms with Gasteiger partial charge in [0.15, 0.2) is 0 Å². The molecule has 0 amide bonds. The van der Waals surface area contributed by atoms with Gasteiger partial charge in [0.05, 0.1) is 38.4 Å². The van der Waals surface area contributed by atoms with Gasteiger partial charge < -0.3 is 59.0 Å². The van der Waals surface area contributed by atoms with Gasteiger partial charge in [0.2, 0.25) is 17.6 Å². The molecule has 0 aliphatic rings. The maximum absolute atomic E-state index is 12.3. The molecule has 0 fully saturated rings. The van der Waals surface area contributed by atoms with Crippen molar-refractivity contribution in [1.82, 2.24) is 44.1 Å². The number of para-hydroxylation sites is 3. The predicted molar refractivity (Wildman–Crippen MR) is 308 cm³/mol. The van der Waals surface area contributed by atoms with Gasteiger partial charge in [0.1, 0.15) is 17.1 Å². The van der Waals surface area contributed by atoms with Gasteiger partial charge >= 0.3 is 17.1 Å². The molecule has 413 valence electrons. The molecule has 1 radical (unpaired) electrons. The maximum Gasteiger partial charge on any atom is 3.00 e. The van der Waals surface area contributed by atoms with Crippen LogP contribution in [0.2, 0.25) is 0 Å². The van der Waals surface area contributed by atoms with E-state index in [9.17, 15) is 30.0 Å². The molecular formula is C60H66FeN9O9. The Hall–Kier alpha value is -8.54. The first-order valence-corrected chi connectivity index (χ1v) is 25.4. The Morgan fingerprint density at radius 3 is 0.937 bits per heavy atom. The summed E-state index contributed by atoms with van der Waals surface area (Å²) in [5, 5.41) is 40.1. The standard InChI is InChI=1S/3C20H22N3O3.Fe/c3*1-12(2)8-9-14-6-5-7-16-15(11-21-18(14)16)10-17-19(26-4)22-13(3)20(24)23(17)25;/h3*5-8,11,21H,9-10H2,1-4H3;/q3*-1;+3. The van der Waals surface area contributed by atoms with E-state index in [0.29, 0.717) is 14.2 Å². The van der Waals surface area contributed by atoms with Crippen LogP contribution >= 0.6 is 0 Å². The second kappa shape index (κ2) is 26.2. The number of hydrogen-bond acceptors (Lipinski definition) is 12. The SMILES string of the molecule is COc1nc(C)c(=O)n([O-])c1Cc1c[nH]c2c(CC=C(C)C)cccc12.COc1nc(C)c(=O)n([O-])c1Cc1c[nH]c2c(CC=C(C)C)cccc12.COc1nc(C)c(=O)n([O-])c1Cc1c[nH]c2c(CC=C(C)C)cccc12.[Fe+3]. The second-order valence-corrected chi connectivity index (χ2v) is 19.7. The summed E-state index contributed by atoms with van der Waals surface area (Å²) in [6.45, 7) is 17.0. The summed E-state index contributed by atoms with van der Waals surface area (Å²) in [6, 6.07) is 18.3. The number of aromatic nitrogens is 9. The number of methoxy groups -OCH3 is 3. The van der Waals surface area contributed by atoms with E-state index in [-0.39, 0.29) is 88.1 Å². The first-order chi connectivity index (χ1) is 37.3. The number of rotatable bonds is 15. The Kier molecular flexibility index (Phi) is 19.8. The van der Waals surface area contributed by atoms with Crippen LogP contribution < -0.4 is 30.9 Å². The van der Waals surface area contributed by atoms with E-state index in [1.807, 2.05) is 55.0 Å². The van der Waals surface area contributed by atoms with E-state index in [2.05, 4.69) is 108 Å². The number of hydrogen-bond donors (Lipinski definition) is 3. The molecule has 19 heteroatoms. The van der Waals surface area contributed by atoms with Gasteiger partial charge in [-0.1, -0.05) is 89.5 Å². The first-order valence-electron chi connectivity index (χ1n) is 25.4. The Bertz CT molecular complexity index is 3530. The zero-order chi connectivity index (χ0) is 56.5. The van der Waals surface area contributed by atoms with Gasteiger partial charge in [-0.05, 0) is 115 Å². The Morgan fingerprint density at radius 1 is 0.456 bits per heavy atom. The molecular weight excluding hydrogens is 1050 g/mol. The maximum atomic E-state index is 12.3. The molecule has 0 saturated carbocycles. The topological polar surface area (TPSA) is 249 Å². The van der Waals surface area contributed by atoms with Gasteiger partial charge in [-0.2, -0.15) is 0 Å². The fourth-order valence-corrected chi connectivity index (χ4v) is 9.05. The van der Waals surface area contributed by atoms with Crippen LogP contribution in [-0.4, -0.2) is 65.4 Å². The van der Waals surface area contributed by atoms with E-state index in [4.69, 9.17) is 14.2 Å². The third-order valence-corrected chi connectivity index (χ3v) is 13.3. The summed E-state index contributed by atoms with van der Waals surface area (Å²) in [5.41, 5.74) is 12.3. The van der Waals surface area contributed by atoms with Gasteiger partial charge in [0, 0.05) is 70.6 Å². The van der Waals surface area contributed by atoms with Gasteiger partial charge in [-0.3, -0.25) is 14.4 Å². The zero-order valence-electron chi connectivity index (χ0n) is 46.6. The number of benzene rings is 3. The molecule has 0 unspecified atom stereocenters. The molecule has 6 heterocycles. The van der Waals surface area contributed by atoms with E-state index >= 15 is 0 Å². The second-order valence-electron chi connectivity index (χ2n) is 19.7. The number of nitrogens with one attached hydrogen (secondary N) is 3. The molecule has 3 N–H and O–H groups in total. The quantitative estimate of drug-likeness (QED) is 0.0641. The molecule has 0 bridgehead atoms. The van der Waals surface area contributed by atoms with E-state index in [0.717, 1.165) is 68.7 Å².